The van der Waals surface area contributed by atoms with E-state index in [4.69, 9.17) is 12.2 Å². The molecule has 3 atom stereocenters. The number of nitrogens with one attached hydrogen (secondary N) is 2. The second-order valence-electron chi connectivity index (χ2n) is 4.94. The molecule has 0 spiro atoms. The number of likely N-dealkylation sites (tertiary alicyclic amines) is 1. The quantitative estimate of drug-likeness (QED) is 0.407. The minimum absolute atomic E-state index is 0.664. The fourth-order valence-corrected chi connectivity index (χ4v) is 3.06. The molecule has 0 saturated carbocycles. The van der Waals surface area contributed by atoms with Crippen molar-refractivity contribution in [3.63, 3.8) is 0 Å². The Kier molecular flexibility index (Phi) is 3.09. The highest BCUT2D eigenvalue weighted by atomic mass is 32.1. The summed E-state index contributed by atoms with van der Waals surface area (Å²) in [6.45, 7) is 7.94. The van der Waals surface area contributed by atoms with Gasteiger partial charge in [0.05, 0.1) is 19.6 Å². The van der Waals surface area contributed by atoms with E-state index >= 15 is 0 Å². The van der Waals surface area contributed by atoms with Gasteiger partial charge in [-0.15, -0.1) is 6.58 Å². The number of hydrogen-bond acceptors (Lipinski definition) is 2. The van der Waals surface area contributed by atoms with Crippen LogP contribution in [0.4, 0.5) is 0 Å². The van der Waals surface area contributed by atoms with Gasteiger partial charge in [-0.1, -0.05) is 6.08 Å². The van der Waals surface area contributed by atoms with Crippen molar-refractivity contribution in [2.45, 2.75) is 12.5 Å². The number of rotatable bonds is 2. The molecule has 2 aliphatic rings. The highest BCUT2D eigenvalue weighted by Crippen LogP contribution is 2.26. The minimum atomic E-state index is 0.664. The van der Waals surface area contributed by atoms with Gasteiger partial charge in [-0.2, -0.15) is 0 Å². The van der Waals surface area contributed by atoms with Gasteiger partial charge >= 0.3 is 0 Å². The molecule has 3 unspecified atom stereocenters. The SMILES string of the molecule is C=CCNC(=S)[N+]1(C)CC2CNC(C2)C1. The van der Waals surface area contributed by atoms with Crippen LogP contribution in [0.2, 0.25) is 0 Å². The number of fused-ring (bicyclic) bond motifs is 2. The first kappa shape index (κ1) is 11.0. The van der Waals surface area contributed by atoms with E-state index in [1.165, 1.54) is 19.5 Å². The Morgan fingerprint density at radius 3 is 3.13 bits per heavy atom. The monoisotopic (exact) mass is 226 g/mol. The normalized spacial score (nSPS) is 38.7. The summed E-state index contributed by atoms with van der Waals surface area (Å²) >= 11 is 5.47. The number of thiocarbonyl (C=S) groups is 1. The van der Waals surface area contributed by atoms with Crippen LogP contribution < -0.4 is 10.6 Å². The lowest BCUT2D eigenvalue weighted by atomic mass is 9.98. The van der Waals surface area contributed by atoms with Crippen LogP contribution in [-0.2, 0) is 0 Å². The Balaban J connectivity index is 2.00. The lowest BCUT2D eigenvalue weighted by Crippen LogP contribution is -2.61. The van der Waals surface area contributed by atoms with Gasteiger partial charge in [0, 0.05) is 31.2 Å². The molecule has 2 bridgehead atoms. The van der Waals surface area contributed by atoms with E-state index in [9.17, 15) is 0 Å². The molecule has 84 valence electrons. The van der Waals surface area contributed by atoms with Crippen LogP contribution in [0, 0.1) is 5.92 Å². The minimum Gasteiger partial charge on any atom is -0.328 e. The molecule has 2 N–H and O–H groups in total. The van der Waals surface area contributed by atoms with E-state index in [0.717, 1.165) is 28.6 Å². The summed E-state index contributed by atoms with van der Waals surface area (Å²) in [4.78, 5) is 0. The molecule has 2 saturated heterocycles. The van der Waals surface area contributed by atoms with Crippen LogP contribution in [-0.4, -0.2) is 48.9 Å². The van der Waals surface area contributed by atoms with Crippen LogP contribution in [0.15, 0.2) is 12.7 Å². The molecule has 0 radical (unpaired) electrons. The van der Waals surface area contributed by atoms with Crippen molar-refractivity contribution in [3.05, 3.63) is 12.7 Å². The molecule has 0 amide bonds. The van der Waals surface area contributed by atoms with Crippen molar-refractivity contribution < 1.29 is 4.48 Å². The van der Waals surface area contributed by atoms with Crippen LogP contribution in [0.1, 0.15) is 6.42 Å². The van der Waals surface area contributed by atoms with Gasteiger partial charge in [0.15, 0.2) is 0 Å². The van der Waals surface area contributed by atoms with Gasteiger partial charge in [-0.3, -0.25) is 4.48 Å². The zero-order valence-corrected chi connectivity index (χ0v) is 10.1. The van der Waals surface area contributed by atoms with E-state index < -0.39 is 0 Å². The second kappa shape index (κ2) is 4.20. The number of hydrogen-bond donors (Lipinski definition) is 2. The Morgan fingerprint density at radius 1 is 1.67 bits per heavy atom. The number of quaternary nitrogens is 1. The topological polar surface area (TPSA) is 24.1 Å². The van der Waals surface area contributed by atoms with E-state index in [2.05, 4.69) is 24.3 Å². The van der Waals surface area contributed by atoms with Crippen molar-refractivity contribution in [1.29, 1.82) is 0 Å². The highest BCUT2D eigenvalue weighted by Gasteiger charge is 2.43. The fraction of sp³-hybridized carbons (Fsp3) is 0.727. The van der Waals surface area contributed by atoms with E-state index in [1.807, 2.05) is 6.08 Å². The Hall–Kier alpha value is -0.450. The number of likely N-dealkylation sites (N-methyl/N-ethyl adjacent to an activating group) is 1. The van der Waals surface area contributed by atoms with Crippen molar-refractivity contribution in [2.24, 2.45) is 5.92 Å². The number of nitrogens with zero attached hydrogens (tertiary/aromatic N) is 1. The van der Waals surface area contributed by atoms with E-state index in [-0.39, 0.29) is 0 Å². The molecule has 0 aliphatic carbocycles. The molecule has 2 rings (SSSR count). The Bertz CT molecular complexity index is 265. The first-order chi connectivity index (χ1) is 7.14. The molecule has 2 aliphatic heterocycles. The third kappa shape index (κ3) is 2.22. The summed E-state index contributed by atoms with van der Waals surface area (Å²) in [5.74, 6) is 0.803. The fourth-order valence-electron chi connectivity index (χ4n) is 2.83. The summed E-state index contributed by atoms with van der Waals surface area (Å²) < 4.78 is 0.894. The average molecular weight is 226 g/mol. The summed E-state index contributed by atoms with van der Waals surface area (Å²) in [7, 11) is 2.24. The Labute approximate surface area is 97.1 Å². The lowest BCUT2D eigenvalue weighted by molar-refractivity contribution is -0.829. The summed E-state index contributed by atoms with van der Waals surface area (Å²) in [6, 6.07) is 0.664. The first-order valence-corrected chi connectivity index (χ1v) is 6.02. The van der Waals surface area contributed by atoms with Gasteiger partial charge in [-0.25, -0.2) is 0 Å². The standard InChI is InChI=1S/C11H19N3S/c1-3-4-12-11(15)14(2)7-9-5-10(8-14)13-6-9/h3,9-10,13H,1,4-8H2,2H3/p+1. The van der Waals surface area contributed by atoms with Crippen molar-refractivity contribution in [1.82, 2.24) is 10.6 Å². The average Bonchev–Trinajstić information content (AvgIpc) is 2.55. The van der Waals surface area contributed by atoms with Crippen LogP contribution >= 0.6 is 12.2 Å². The third-order valence-electron chi connectivity index (χ3n) is 3.49. The molecular formula is C11H20N3S+. The molecule has 4 heteroatoms. The predicted octanol–water partition coefficient (Wildman–Crippen LogP) is 0.485. The van der Waals surface area contributed by atoms with Crippen LogP contribution in [0.25, 0.3) is 0 Å². The molecule has 2 fully saturated rings. The zero-order valence-electron chi connectivity index (χ0n) is 9.33. The highest BCUT2D eigenvalue weighted by molar-refractivity contribution is 7.79. The van der Waals surface area contributed by atoms with Crippen LogP contribution in [0.3, 0.4) is 0 Å². The van der Waals surface area contributed by atoms with E-state index in [0.29, 0.717) is 6.04 Å². The third-order valence-corrected chi connectivity index (χ3v) is 4.07. The zero-order chi connectivity index (χ0) is 10.9. The van der Waals surface area contributed by atoms with Gasteiger partial charge in [0.1, 0.15) is 6.54 Å². The Morgan fingerprint density at radius 2 is 2.47 bits per heavy atom. The maximum Gasteiger partial charge on any atom is 0.270 e. The van der Waals surface area contributed by atoms with Crippen LogP contribution in [0.5, 0.6) is 0 Å². The number of piperidine rings is 1. The second-order valence-corrected chi connectivity index (χ2v) is 5.33. The van der Waals surface area contributed by atoms with Crippen molar-refractivity contribution in [2.75, 3.05) is 33.2 Å². The van der Waals surface area contributed by atoms with Crippen molar-refractivity contribution in [3.8, 4) is 0 Å². The molecule has 0 aromatic rings. The molecule has 0 aromatic carbocycles. The summed E-state index contributed by atoms with van der Waals surface area (Å²) in [5.41, 5.74) is 0. The van der Waals surface area contributed by atoms with Crippen molar-refractivity contribution >= 4 is 17.3 Å². The lowest BCUT2D eigenvalue weighted by Gasteiger charge is -2.39. The maximum absolute atomic E-state index is 5.47. The maximum atomic E-state index is 5.47. The molecule has 0 aromatic heterocycles. The largest absolute Gasteiger partial charge is 0.328 e. The molecule has 15 heavy (non-hydrogen) atoms. The van der Waals surface area contributed by atoms with Gasteiger partial charge in [0.2, 0.25) is 0 Å². The predicted molar refractivity (Wildman–Crippen MR) is 66.6 cm³/mol. The summed E-state index contributed by atoms with van der Waals surface area (Å²) in [6.07, 6.45) is 3.19. The van der Waals surface area contributed by atoms with Gasteiger partial charge in [0.25, 0.3) is 5.11 Å². The smallest absolute Gasteiger partial charge is 0.270 e. The van der Waals surface area contributed by atoms with Gasteiger partial charge in [-0.05, 0) is 6.42 Å². The van der Waals surface area contributed by atoms with Gasteiger partial charge < -0.3 is 10.6 Å². The molecular weight excluding hydrogens is 206 g/mol. The summed E-state index contributed by atoms with van der Waals surface area (Å²) in [5, 5.41) is 7.80. The first-order valence-electron chi connectivity index (χ1n) is 5.61. The van der Waals surface area contributed by atoms with E-state index in [1.54, 1.807) is 0 Å². The molecule has 3 nitrogen and oxygen atoms in total. The molecule has 2 heterocycles.